The van der Waals surface area contributed by atoms with Crippen molar-refractivity contribution < 1.29 is 9.21 Å². The first kappa shape index (κ1) is 10.8. The predicted molar refractivity (Wildman–Crippen MR) is 63.6 cm³/mol. The van der Waals surface area contributed by atoms with Gasteiger partial charge in [-0.2, -0.15) is 0 Å². The Bertz CT molecular complexity index is 317. The first-order chi connectivity index (χ1) is 6.18. The summed E-state index contributed by atoms with van der Waals surface area (Å²) < 4.78 is 6.17. The van der Waals surface area contributed by atoms with E-state index in [4.69, 9.17) is 4.42 Å². The van der Waals surface area contributed by atoms with E-state index in [1.165, 1.54) is 11.8 Å². The maximum Gasteiger partial charge on any atom is 0.186 e. The van der Waals surface area contributed by atoms with Gasteiger partial charge in [-0.25, -0.2) is 0 Å². The summed E-state index contributed by atoms with van der Waals surface area (Å²) in [6.45, 7) is 1.56. The molecular formula is C9H9IO2S. The van der Waals surface area contributed by atoms with Gasteiger partial charge in [-0.1, -0.05) is 17.8 Å². The van der Waals surface area contributed by atoms with Gasteiger partial charge in [0.25, 0.3) is 0 Å². The van der Waals surface area contributed by atoms with Gasteiger partial charge in [0.2, 0.25) is 0 Å². The smallest absolute Gasteiger partial charge is 0.186 e. The van der Waals surface area contributed by atoms with Crippen molar-refractivity contribution in [1.29, 1.82) is 0 Å². The summed E-state index contributed by atoms with van der Waals surface area (Å²) in [5.74, 6) is 1.53. The van der Waals surface area contributed by atoms with Crippen molar-refractivity contribution in [2.24, 2.45) is 0 Å². The highest BCUT2D eigenvalue weighted by Gasteiger charge is 1.93. The fraction of sp³-hybridized carbons (Fsp3) is 0.222. The normalized spacial score (nSPS) is 10.9. The van der Waals surface area contributed by atoms with Gasteiger partial charge in [0.1, 0.15) is 5.76 Å². The van der Waals surface area contributed by atoms with Crippen LogP contribution >= 0.6 is 34.4 Å². The second-order valence-electron chi connectivity index (χ2n) is 2.35. The van der Waals surface area contributed by atoms with Gasteiger partial charge >= 0.3 is 0 Å². The summed E-state index contributed by atoms with van der Waals surface area (Å²) in [7, 11) is 0. The van der Waals surface area contributed by atoms with Crippen LogP contribution in [-0.2, 0) is 4.79 Å². The van der Waals surface area contributed by atoms with E-state index >= 15 is 0 Å². The molecule has 0 atom stereocenters. The number of rotatable bonds is 3. The van der Waals surface area contributed by atoms with E-state index in [0.717, 1.165) is 9.53 Å². The average Bonchev–Trinajstić information content (AvgIpc) is 2.45. The molecule has 13 heavy (non-hydrogen) atoms. The minimum atomic E-state index is 0.138. The van der Waals surface area contributed by atoms with Gasteiger partial charge in [0.15, 0.2) is 8.88 Å². The summed E-state index contributed by atoms with van der Waals surface area (Å²) >= 11 is 3.40. The molecule has 1 rings (SSSR count). The lowest BCUT2D eigenvalue weighted by Crippen LogP contribution is -1.80. The molecule has 0 saturated heterocycles. The van der Waals surface area contributed by atoms with Crippen LogP contribution in [-0.4, -0.2) is 10.9 Å². The largest absolute Gasteiger partial charge is 0.451 e. The molecule has 70 valence electrons. The Labute approximate surface area is 94.9 Å². The molecule has 1 aromatic heterocycles. The predicted octanol–water partition coefficient (Wildman–Crippen LogP) is 3.18. The van der Waals surface area contributed by atoms with Crippen LogP contribution in [0, 0.1) is 3.77 Å². The molecule has 0 aliphatic heterocycles. The lowest BCUT2D eigenvalue weighted by Gasteiger charge is -1.87. The first-order valence-electron chi connectivity index (χ1n) is 3.74. The molecule has 2 nitrogen and oxygen atoms in total. The third-order valence-electron chi connectivity index (χ3n) is 1.26. The van der Waals surface area contributed by atoms with Gasteiger partial charge in [0.05, 0.1) is 0 Å². The van der Waals surface area contributed by atoms with Crippen molar-refractivity contribution >= 4 is 45.5 Å². The Hall–Kier alpha value is -0.230. The first-order valence-corrected chi connectivity index (χ1v) is 5.80. The van der Waals surface area contributed by atoms with Crippen LogP contribution in [0.3, 0.4) is 0 Å². The monoisotopic (exact) mass is 308 g/mol. The van der Waals surface area contributed by atoms with E-state index in [2.05, 4.69) is 22.6 Å². The maximum atomic E-state index is 10.6. The van der Waals surface area contributed by atoms with E-state index < -0.39 is 0 Å². The molecule has 0 aliphatic rings. The van der Waals surface area contributed by atoms with Gasteiger partial charge in [0, 0.05) is 12.7 Å². The average molecular weight is 308 g/mol. The SMILES string of the molecule is CC(=O)SCC=Cc1ccc(I)o1. The number of carbonyl (C=O) groups excluding carboxylic acids is 1. The van der Waals surface area contributed by atoms with Crippen LogP contribution in [0.2, 0.25) is 0 Å². The van der Waals surface area contributed by atoms with E-state index in [0.29, 0.717) is 5.75 Å². The number of halogens is 1. The Morgan fingerprint density at radius 1 is 1.69 bits per heavy atom. The molecule has 1 heterocycles. The van der Waals surface area contributed by atoms with Gasteiger partial charge in [-0.05, 0) is 40.8 Å². The summed E-state index contributed by atoms with van der Waals surface area (Å²) in [5.41, 5.74) is 0. The summed E-state index contributed by atoms with van der Waals surface area (Å²) in [6.07, 6.45) is 3.79. The molecular weight excluding hydrogens is 299 g/mol. The maximum absolute atomic E-state index is 10.6. The molecule has 0 saturated carbocycles. The molecule has 0 N–H and O–H groups in total. The number of carbonyl (C=O) groups is 1. The van der Waals surface area contributed by atoms with Crippen molar-refractivity contribution in [1.82, 2.24) is 0 Å². The Morgan fingerprint density at radius 3 is 3.00 bits per heavy atom. The zero-order chi connectivity index (χ0) is 9.68. The minimum absolute atomic E-state index is 0.138. The number of furan rings is 1. The van der Waals surface area contributed by atoms with Crippen molar-refractivity contribution in [3.8, 4) is 0 Å². The van der Waals surface area contributed by atoms with E-state index in [1.54, 1.807) is 6.92 Å². The van der Waals surface area contributed by atoms with Crippen LogP contribution in [0.15, 0.2) is 22.6 Å². The van der Waals surface area contributed by atoms with E-state index in [1.807, 2.05) is 24.3 Å². The minimum Gasteiger partial charge on any atom is -0.451 e. The zero-order valence-electron chi connectivity index (χ0n) is 7.12. The second kappa shape index (κ2) is 5.49. The highest BCUT2D eigenvalue weighted by Crippen LogP contribution is 2.12. The Balaban J connectivity index is 2.36. The topological polar surface area (TPSA) is 30.2 Å². The standard InChI is InChI=1S/C9H9IO2S/c1-7(11)13-6-2-3-8-4-5-9(10)12-8/h2-5H,6H2,1H3. The highest BCUT2D eigenvalue weighted by atomic mass is 127. The second-order valence-corrected chi connectivity index (χ2v) is 4.61. The molecule has 0 radical (unpaired) electrons. The summed E-state index contributed by atoms with van der Waals surface area (Å²) in [5, 5.41) is 0.138. The molecule has 0 spiro atoms. The van der Waals surface area contributed by atoms with Crippen LogP contribution < -0.4 is 0 Å². The molecule has 0 amide bonds. The zero-order valence-corrected chi connectivity index (χ0v) is 10.1. The molecule has 0 aliphatic carbocycles. The summed E-state index contributed by atoms with van der Waals surface area (Å²) in [4.78, 5) is 10.6. The Kier molecular flexibility index (Phi) is 4.58. The molecule has 0 fully saturated rings. The van der Waals surface area contributed by atoms with Gasteiger partial charge < -0.3 is 4.42 Å². The van der Waals surface area contributed by atoms with Gasteiger partial charge in [-0.15, -0.1) is 0 Å². The van der Waals surface area contributed by atoms with Crippen LogP contribution in [0.25, 0.3) is 6.08 Å². The van der Waals surface area contributed by atoms with E-state index in [-0.39, 0.29) is 5.12 Å². The van der Waals surface area contributed by atoms with Crippen molar-refractivity contribution in [2.45, 2.75) is 6.92 Å². The molecule has 0 unspecified atom stereocenters. The lowest BCUT2D eigenvalue weighted by molar-refractivity contribution is -0.109. The van der Waals surface area contributed by atoms with Crippen molar-refractivity contribution in [3.05, 3.63) is 27.7 Å². The van der Waals surface area contributed by atoms with Crippen molar-refractivity contribution in [2.75, 3.05) is 5.75 Å². The number of thioether (sulfide) groups is 1. The fourth-order valence-corrected chi connectivity index (χ4v) is 1.61. The third kappa shape index (κ3) is 4.52. The molecule has 0 aromatic carbocycles. The summed E-state index contributed by atoms with van der Waals surface area (Å²) in [6, 6.07) is 3.80. The van der Waals surface area contributed by atoms with Gasteiger partial charge in [-0.3, -0.25) is 4.79 Å². The van der Waals surface area contributed by atoms with Crippen LogP contribution in [0.4, 0.5) is 0 Å². The highest BCUT2D eigenvalue weighted by molar-refractivity contribution is 14.1. The van der Waals surface area contributed by atoms with Crippen LogP contribution in [0.5, 0.6) is 0 Å². The lowest BCUT2D eigenvalue weighted by atomic mass is 10.4. The Morgan fingerprint density at radius 2 is 2.46 bits per heavy atom. The quantitative estimate of drug-likeness (QED) is 0.804. The molecule has 0 bridgehead atoms. The number of hydrogen-bond donors (Lipinski definition) is 0. The fourth-order valence-electron chi connectivity index (χ4n) is 0.748. The number of hydrogen-bond acceptors (Lipinski definition) is 3. The molecule has 4 heteroatoms. The van der Waals surface area contributed by atoms with Crippen molar-refractivity contribution in [3.63, 3.8) is 0 Å². The van der Waals surface area contributed by atoms with Crippen LogP contribution in [0.1, 0.15) is 12.7 Å². The van der Waals surface area contributed by atoms with E-state index in [9.17, 15) is 4.79 Å². The molecule has 1 aromatic rings. The third-order valence-corrected chi connectivity index (χ3v) is 2.60.